The van der Waals surface area contributed by atoms with E-state index in [2.05, 4.69) is 10.6 Å². The lowest BCUT2D eigenvalue weighted by atomic mass is 10.1. The Hall–Kier alpha value is -0.650. The first kappa shape index (κ1) is 16.4. The van der Waals surface area contributed by atoms with Crippen LogP contribution in [0.15, 0.2) is 0 Å². The molecular formula is C14H28N2O3. The summed E-state index contributed by atoms with van der Waals surface area (Å²) in [6.45, 7) is 6.76. The van der Waals surface area contributed by atoms with Gasteiger partial charge in [-0.3, -0.25) is 4.79 Å². The fourth-order valence-electron chi connectivity index (χ4n) is 2.18. The monoisotopic (exact) mass is 272 g/mol. The smallest absolute Gasteiger partial charge is 0.234 e. The van der Waals surface area contributed by atoms with E-state index in [1.807, 2.05) is 20.8 Å². The lowest BCUT2D eigenvalue weighted by Gasteiger charge is -2.21. The summed E-state index contributed by atoms with van der Waals surface area (Å²) in [4.78, 5) is 11.5. The minimum Gasteiger partial charge on any atom is -0.389 e. The number of hydrogen-bond donors (Lipinski definition) is 3. The molecule has 0 aromatic heterocycles. The number of nitrogens with one attached hydrogen (secondary N) is 2. The predicted octanol–water partition coefficient (Wildman–Crippen LogP) is 0.811. The van der Waals surface area contributed by atoms with Crippen LogP contribution < -0.4 is 10.6 Å². The highest BCUT2D eigenvalue weighted by atomic mass is 16.5. The van der Waals surface area contributed by atoms with Crippen LogP contribution in [-0.4, -0.2) is 48.5 Å². The Labute approximate surface area is 116 Å². The SMILES string of the molecule is CC(C)(C)NC(=O)CNCC(O)COC1CCCC1. The van der Waals surface area contributed by atoms with E-state index in [0.717, 1.165) is 12.8 Å². The molecule has 0 saturated heterocycles. The molecule has 1 unspecified atom stereocenters. The molecule has 19 heavy (non-hydrogen) atoms. The third-order valence-electron chi connectivity index (χ3n) is 3.01. The Kier molecular flexibility index (Phi) is 6.75. The van der Waals surface area contributed by atoms with Gasteiger partial charge in [0.15, 0.2) is 0 Å². The molecule has 1 amide bonds. The van der Waals surface area contributed by atoms with Crippen LogP contribution >= 0.6 is 0 Å². The Balaban J connectivity index is 2.03. The van der Waals surface area contributed by atoms with Crippen LogP contribution in [0.1, 0.15) is 46.5 Å². The van der Waals surface area contributed by atoms with Crippen LogP contribution in [0.25, 0.3) is 0 Å². The number of rotatable bonds is 7. The molecule has 1 aliphatic carbocycles. The van der Waals surface area contributed by atoms with Crippen molar-refractivity contribution in [2.75, 3.05) is 19.7 Å². The minimum atomic E-state index is -0.553. The first-order chi connectivity index (χ1) is 8.87. The zero-order chi connectivity index (χ0) is 14.3. The number of ether oxygens (including phenoxy) is 1. The van der Waals surface area contributed by atoms with Crippen molar-refractivity contribution in [3.05, 3.63) is 0 Å². The third-order valence-corrected chi connectivity index (χ3v) is 3.01. The second-order valence-corrected chi connectivity index (χ2v) is 6.32. The molecule has 1 fully saturated rings. The van der Waals surface area contributed by atoms with E-state index in [1.165, 1.54) is 12.8 Å². The topological polar surface area (TPSA) is 70.6 Å². The van der Waals surface area contributed by atoms with Gasteiger partial charge < -0.3 is 20.5 Å². The van der Waals surface area contributed by atoms with Gasteiger partial charge in [-0.05, 0) is 33.6 Å². The van der Waals surface area contributed by atoms with Crippen molar-refractivity contribution in [1.29, 1.82) is 0 Å². The first-order valence-electron chi connectivity index (χ1n) is 7.18. The summed E-state index contributed by atoms with van der Waals surface area (Å²) in [5.41, 5.74) is -0.219. The molecule has 1 atom stereocenters. The largest absolute Gasteiger partial charge is 0.389 e. The number of aliphatic hydroxyl groups excluding tert-OH is 1. The fourth-order valence-corrected chi connectivity index (χ4v) is 2.18. The van der Waals surface area contributed by atoms with Gasteiger partial charge in [-0.2, -0.15) is 0 Å². The lowest BCUT2D eigenvalue weighted by Crippen LogP contribution is -2.46. The van der Waals surface area contributed by atoms with E-state index in [0.29, 0.717) is 19.3 Å². The van der Waals surface area contributed by atoms with Gasteiger partial charge in [0, 0.05) is 12.1 Å². The highest BCUT2D eigenvalue weighted by Gasteiger charge is 2.17. The van der Waals surface area contributed by atoms with Crippen LogP contribution in [0.3, 0.4) is 0 Å². The zero-order valence-corrected chi connectivity index (χ0v) is 12.4. The molecule has 1 aliphatic rings. The molecule has 0 spiro atoms. The maximum Gasteiger partial charge on any atom is 0.234 e. The Morgan fingerprint density at radius 3 is 2.58 bits per heavy atom. The molecule has 3 N–H and O–H groups in total. The van der Waals surface area contributed by atoms with Crippen molar-refractivity contribution in [3.8, 4) is 0 Å². The number of carbonyl (C=O) groups excluding carboxylic acids is 1. The van der Waals surface area contributed by atoms with Gasteiger partial charge in [-0.1, -0.05) is 12.8 Å². The second kappa shape index (κ2) is 7.82. The van der Waals surface area contributed by atoms with Crippen LogP contribution in [0.2, 0.25) is 0 Å². The normalized spacial score (nSPS) is 18.5. The van der Waals surface area contributed by atoms with Crippen molar-refractivity contribution < 1.29 is 14.6 Å². The van der Waals surface area contributed by atoms with E-state index in [9.17, 15) is 9.90 Å². The standard InChI is InChI=1S/C14H28N2O3/c1-14(2,3)16-13(18)9-15-8-11(17)10-19-12-6-4-5-7-12/h11-12,15,17H,4-10H2,1-3H3,(H,16,18). The molecule has 0 aromatic rings. The molecule has 5 heteroatoms. The van der Waals surface area contributed by atoms with Crippen molar-refractivity contribution in [3.63, 3.8) is 0 Å². The number of hydrogen-bond acceptors (Lipinski definition) is 4. The summed E-state index contributed by atoms with van der Waals surface area (Å²) in [5.74, 6) is -0.0589. The Morgan fingerprint density at radius 2 is 2.00 bits per heavy atom. The molecule has 0 aliphatic heterocycles. The summed E-state index contributed by atoms with van der Waals surface area (Å²) in [6, 6.07) is 0. The molecule has 1 saturated carbocycles. The molecular weight excluding hydrogens is 244 g/mol. The van der Waals surface area contributed by atoms with Crippen molar-refractivity contribution in [2.45, 2.75) is 64.2 Å². The number of amides is 1. The second-order valence-electron chi connectivity index (χ2n) is 6.32. The summed E-state index contributed by atoms with van der Waals surface area (Å²) < 4.78 is 5.61. The lowest BCUT2D eigenvalue weighted by molar-refractivity contribution is -0.121. The summed E-state index contributed by atoms with van der Waals surface area (Å²) >= 11 is 0. The summed E-state index contributed by atoms with van der Waals surface area (Å²) in [5, 5.41) is 15.5. The number of carbonyl (C=O) groups is 1. The van der Waals surface area contributed by atoms with Crippen molar-refractivity contribution in [1.82, 2.24) is 10.6 Å². The van der Waals surface area contributed by atoms with Crippen LogP contribution in [-0.2, 0) is 9.53 Å². The van der Waals surface area contributed by atoms with Gasteiger partial charge in [-0.15, -0.1) is 0 Å². The van der Waals surface area contributed by atoms with Gasteiger partial charge in [0.2, 0.25) is 5.91 Å². The predicted molar refractivity (Wildman–Crippen MR) is 75.0 cm³/mol. The molecule has 0 radical (unpaired) electrons. The highest BCUT2D eigenvalue weighted by Crippen LogP contribution is 2.20. The maximum atomic E-state index is 11.5. The Morgan fingerprint density at radius 1 is 1.37 bits per heavy atom. The minimum absolute atomic E-state index is 0.0589. The number of aliphatic hydroxyl groups is 1. The van der Waals surface area contributed by atoms with Gasteiger partial charge in [-0.25, -0.2) is 0 Å². The van der Waals surface area contributed by atoms with E-state index in [4.69, 9.17) is 4.74 Å². The van der Waals surface area contributed by atoms with Gasteiger partial charge in [0.05, 0.1) is 25.4 Å². The summed E-state index contributed by atoms with van der Waals surface area (Å²) in [6.07, 6.45) is 4.43. The van der Waals surface area contributed by atoms with Crippen molar-refractivity contribution in [2.24, 2.45) is 0 Å². The molecule has 112 valence electrons. The quantitative estimate of drug-likeness (QED) is 0.641. The van der Waals surface area contributed by atoms with E-state index in [1.54, 1.807) is 0 Å². The summed E-state index contributed by atoms with van der Waals surface area (Å²) in [7, 11) is 0. The van der Waals surface area contributed by atoms with Gasteiger partial charge in [0.1, 0.15) is 0 Å². The molecule has 1 rings (SSSR count). The van der Waals surface area contributed by atoms with E-state index < -0.39 is 6.10 Å². The Bertz CT molecular complexity index is 270. The van der Waals surface area contributed by atoms with Crippen LogP contribution in [0.5, 0.6) is 0 Å². The molecule has 0 bridgehead atoms. The first-order valence-corrected chi connectivity index (χ1v) is 7.18. The molecule has 0 aromatic carbocycles. The average molecular weight is 272 g/mol. The molecule has 5 nitrogen and oxygen atoms in total. The average Bonchev–Trinajstić information content (AvgIpc) is 2.76. The third kappa shape index (κ3) is 8.18. The van der Waals surface area contributed by atoms with Gasteiger partial charge in [0.25, 0.3) is 0 Å². The zero-order valence-electron chi connectivity index (χ0n) is 12.4. The highest BCUT2D eigenvalue weighted by molar-refractivity contribution is 5.78. The van der Waals surface area contributed by atoms with Crippen molar-refractivity contribution >= 4 is 5.91 Å². The molecule has 0 heterocycles. The van der Waals surface area contributed by atoms with Crippen LogP contribution in [0.4, 0.5) is 0 Å². The fraction of sp³-hybridized carbons (Fsp3) is 0.929. The van der Waals surface area contributed by atoms with Gasteiger partial charge >= 0.3 is 0 Å². The van der Waals surface area contributed by atoms with Crippen LogP contribution in [0, 0.1) is 0 Å². The van der Waals surface area contributed by atoms with E-state index in [-0.39, 0.29) is 18.0 Å². The van der Waals surface area contributed by atoms with E-state index >= 15 is 0 Å². The maximum absolute atomic E-state index is 11.5.